The number of nitrogens with one attached hydrogen (secondary N) is 2. The molecule has 2 aromatic rings. The van der Waals surface area contributed by atoms with Gasteiger partial charge in [-0.2, -0.15) is 0 Å². The summed E-state index contributed by atoms with van der Waals surface area (Å²) in [5.74, 6) is -1.08. The van der Waals surface area contributed by atoms with Crippen LogP contribution in [-0.2, 0) is 27.8 Å². The largest absolute Gasteiger partial charge is 0.444 e. The number of primary amides is 1. The number of carbonyl (C=O) groups is 3. The van der Waals surface area contributed by atoms with E-state index in [1.54, 1.807) is 40.1 Å². The molecule has 3 amide bonds. The zero-order valence-corrected chi connectivity index (χ0v) is 22.1. The van der Waals surface area contributed by atoms with Gasteiger partial charge in [-0.15, -0.1) is 0 Å². The fourth-order valence-electron chi connectivity index (χ4n) is 4.59. The van der Waals surface area contributed by atoms with Gasteiger partial charge >= 0.3 is 6.09 Å². The van der Waals surface area contributed by atoms with Crippen LogP contribution in [0, 0.1) is 0 Å². The molecule has 0 saturated heterocycles. The van der Waals surface area contributed by atoms with Crippen molar-refractivity contribution >= 4 is 17.9 Å². The molecule has 0 unspecified atom stereocenters. The molecule has 9 nitrogen and oxygen atoms in total. The zero-order chi connectivity index (χ0) is 27.2. The monoisotopic (exact) mass is 510 g/mol. The Hall–Kier alpha value is -3.62. The average molecular weight is 511 g/mol. The van der Waals surface area contributed by atoms with E-state index >= 15 is 0 Å². The van der Waals surface area contributed by atoms with Gasteiger partial charge in [-0.05, 0) is 56.4 Å². The van der Waals surface area contributed by atoms with Gasteiger partial charge in [0.1, 0.15) is 17.2 Å². The van der Waals surface area contributed by atoms with Crippen molar-refractivity contribution in [3.8, 4) is 11.1 Å². The highest BCUT2D eigenvalue weighted by atomic mass is 16.6. The highest BCUT2D eigenvalue weighted by Crippen LogP contribution is 2.28. The first-order valence-corrected chi connectivity index (χ1v) is 12.8. The number of amides is 3. The first kappa shape index (κ1) is 28.0. The van der Waals surface area contributed by atoms with Crippen molar-refractivity contribution in [3.63, 3.8) is 0 Å². The Morgan fingerprint density at radius 1 is 1.00 bits per heavy atom. The summed E-state index contributed by atoms with van der Waals surface area (Å²) >= 11 is 0. The third kappa shape index (κ3) is 7.68. The van der Waals surface area contributed by atoms with E-state index in [1.807, 2.05) is 24.3 Å². The lowest BCUT2D eigenvalue weighted by atomic mass is 9.88. The molecule has 1 aromatic carbocycles. The molecule has 1 saturated carbocycles. The van der Waals surface area contributed by atoms with Gasteiger partial charge in [0, 0.05) is 25.7 Å². The third-order valence-electron chi connectivity index (χ3n) is 6.59. The minimum atomic E-state index is -1.17. The van der Waals surface area contributed by atoms with Gasteiger partial charge in [0.2, 0.25) is 17.4 Å². The van der Waals surface area contributed by atoms with Crippen molar-refractivity contribution in [2.75, 3.05) is 0 Å². The third-order valence-corrected chi connectivity index (χ3v) is 6.59. The summed E-state index contributed by atoms with van der Waals surface area (Å²) < 4.78 is 6.94. The molecule has 0 radical (unpaired) electrons. The number of hydrogen-bond acceptors (Lipinski definition) is 5. The minimum absolute atomic E-state index is 0.0898. The Labute approximate surface area is 217 Å². The summed E-state index contributed by atoms with van der Waals surface area (Å²) in [7, 11) is 1.69. The van der Waals surface area contributed by atoms with Gasteiger partial charge in [0.05, 0.1) is 0 Å². The second-order valence-electron chi connectivity index (χ2n) is 10.8. The van der Waals surface area contributed by atoms with Crippen molar-refractivity contribution in [2.24, 2.45) is 12.8 Å². The molecule has 4 N–H and O–H groups in total. The summed E-state index contributed by atoms with van der Waals surface area (Å²) in [6, 6.07) is 9.84. The molecule has 3 rings (SSSR count). The molecule has 0 bridgehead atoms. The van der Waals surface area contributed by atoms with Crippen LogP contribution in [-0.4, -0.2) is 39.7 Å². The van der Waals surface area contributed by atoms with Crippen LogP contribution in [0.3, 0.4) is 0 Å². The summed E-state index contributed by atoms with van der Waals surface area (Å²) in [6.07, 6.45) is 5.70. The van der Waals surface area contributed by atoms with E-state index in [0.29, 0.717) is 12.8 Å². The number of carbonyl (C=O) groups excluding carboxylic acids is 3. The maximum Gasteiger partial charge on any atom is 0.408 e. The molecule has 1 aromatic heterocycles. The normalized spacial score (nSPS) is 16.2. The fourth-order valence-corrected chi connectivity index (χ4v) is 4.59. The standard InChI is InChI=1S/C28H38N4O5/c1-27(2,3)37-26(36)31-28(15-7-5-6-8-16-28)25(35)30-22(24(29)34)17-19-9-11-20(12-10-19)21-13-14-23(33)32(4)18-21/h9-14,18,22H,5-8,15-17H2,1-4H3,(H2,29,34)(H,30,35)(H,31,36)/t22-/m0/s1. The first-order chi connectivity index (χ1) is 17.4. The van der Waals surface area contributed by atoms with E-state index in [9.17, 15) is 19.2 Å². The Bertz CT molecular complexity index is 1170. The Kier molecular flexibility index (Phi) is 8.78. The first-order valence-electron chi connectivity index (χ1n) is 12.8. The van der Waals surface area contributed by atoms with Crippen molar-refractivity contribution in [1.82, 2.24) is 15.2 Å². The number of hydrogen-bond donors (Lipinski definition) is 3. The number of aryl methyl sites for hydroxylation is 1. The van der Waals surface area contributed by atoms with Gasteiger partial charge in [-0.1, -0.05) is 49.9 Å². The molecule has 1 atom stereocenters. The SMILES string of the molecule is Cn1cc(-c2ccc(C[C@H](NC(=O)C3(NC(=O)OC(C)(C)C)CCCCCC3)C(N)=O)cc2)ccc1=O. The zero-order valence-electron chi connectivity index (χ0n) is 22.1. The van der Waals surface area contributed by atoms with Gasteiger partial charge in [-0.25, -0.2) is 4.79 Å². The number of alkyl carbamates (subject to hydrolysis) is 1. The van der Waals surface area contributed by atoms with Gasteiger partial charge in [0.25, 0.3) is 0 Å². The number of nitrogens with two attached hydrogens (primary N) is 1. The second kappa shape index (κ2) is 11.6. The minimum Gasteiger partial charge on any atom is -0.444 e. The maximum absolute atomic E-state index is 13.6. The van der Waals surface area contributed by atoms with E-state index < -0.39 is 35.1 Å². The van der Waals surface area contributed by atoms with Crippen molar-refractivity contribution in [3.05, 3.63) is 58.5 Å². The lowest BCUT2D eigenvalue weighted by molar-refractivity contribution is -0.132. The summed E-state index contributed by atoms with van der Waals surface area (Å²) in [5, 5.41) is 5.63. The Morgan fingerprint density at radius 2 is 1.59 bits per heavy atom. The average Bonchev–Trinajstić information content (AvgIpc) is 3.06. The van der Waals surface area contributed by atoms with Crippen LogP contribution in [0.2, 0.25) is 0 Å². The van der Waals surface area contributed by atoms with Crippen LogP contribution >= 0.6 is 0 Å². The van der Waals surface area contributed by atoms with E-state index in [2.05, 4.69) is 10.6 Å². The lowest BCUT2D eigenvalue weighted by Gasteiger charge is -2.34. The van der Waals surface area contributed by atoms with Crippen LogP contribution in [0.4, 0.5) is 4.79 Å². The van der Waals surface area contributed by atoms with E-state index in [1.165, 1.54) is 10.6 Å². The maximum atomic E-state index is 13.6. The van der Waals surface area contributed by atoms with E-state index in [-0.39, 0.29) is 12.0 Å². The molecule has 1 aliphatic carbocycles. The molecule has 0 spiro atoms. The van der Waals surface area contributed by atoms with Crippen molar-refractivity contribution in [2.45, 2.75) is 82.9 Å². The smallest absolute Gasteiger partial charge is 0.408 e. The van der Waals surface area contributed by atoms with E-state index in [0.717, 1.165) is 42.4 Å². The molecule has 1 fully saturated rings. The molecular formula is C28H38N4O5. The fraction of sp³-hybridized carbons (Fsp3) is 0.500. The highest BCUT2D eigenvalue weighted by molar-refractivity contribution is 5.94. The number of ether oxygens (including phenoxy) is 1. The van der Waals surface area contributed by atoms with Crippen LogP contribution < -0.4 is 21.9 Å². The molecule has 1 aliphatic rings. The van der Waals surface area contributed by atoms with Crippen molar-refractivity contribution in [1.29, 1.82) is 0 Å². The second-order valence-corrected chi connectivity index (χ2v) is 10.8. The number of benzene rings is 1. The summed E-state index contributed by atoms with van der Waals surface area (Å²) in [5.41, 5.74) is 6.33. The molecule has 37 heavy (non-hydrogen) atoms. The van der Waals surface area contributed by atoms with Crippen LogP contribution in [0.15, 0.2) is 47.4 Å². The van der Waals surface area contributed by atoms with Crippen LogP contribution in [0.5, 0.6) is 0 Å². The lowest BCUT2D eigenvalue weighted by Crippen LogP contribution is -2.62. The Morgan fingerprint density at radius 3 is 2.14 bits per heavy atom. The van der Waals surface area contributed by atoms with Gasteiger partial charge in [0.15, 0.2) is 0 Å². The summed E-state index contributed by atoms with van der Waals surface area (Å²) in [6.45, 7) is 5.29. The van der Waals surface area contributed by atoms with Crippen LogP contribution in [0.25, 0.3) is 11.1 Å². The van der Waals surface area contributed by atoms with Gasteiger partial charge in [-0.3, -0.25) is 14.4 Å². The number of pyridine rings is 1. The predicted octanol–water partition coefficient (Wildman–Crippen LogP) is 3.18. The molecule has 200 valence electrons. The molecule has 0 aliphatic heterocycles. The van der Waals surface area contributed by atoms with E-state index in [4.69, 9.17) is 10.5 Å². The summed E-state index contributed by atoms with van der Waals surface area (Å²) in [4.78, 5) is 50.2. The predicted molar refractivity (Wildman–Crippen MR) is 142 cm³/mol. The topological polar surface area (TPSA) is 133 Å². The highest BCUT2D eigenvalue weighted by Gasteiger charge is 2.42. The number of aromatic nitrogens is 1. The number of rotatable bonds is 7. The number of nitrogens with zero attached hydrogens (tertiary/aromatic N) is 1. The molecule has 1 heterocycles. The molecule has 9 heteroatoms. The molecular weight excluding hydrogens is 472 g/mol. The van der Waals surface area contributed by atoms with Crippen LogP contribution in [0.1, 0.15) is 64.9 Å². The Balaban J connectivity index is 1.76. The van der Waals surface area contributed by atoms with Crippen molar-refractivity contribution < 1.29 is 19.1 Å². The van der Waals surface area contributed by atoms with Gasteiger partial charge < -0.3 is 25.7 Å². The quantitative estimate of drug-likeness (QED) is 0.492.